The highest BCUT2D eigenvalue weighted by molar-refractivity contribution is 5.99. The van der Waals surface area contributed by atoms with Gasteiger partial charge in [-0.15, -0.1) is 0 Å². The van der Waals surface area contributed by atoms with Crippen molar-refractivity contribution < 1.29 is 19.4 Å². The Hall–Kier alpha value is -3.40. The first kappa shape index (κ1) is 24.2. The van der Waals surface area contributed by atoms with Gasteiger partial charge in [0.25, 0.3) is 0 Å². The lowest BCUT2D eigenvalue weighted by Crippen LogP contribution is -2.10. The van der Waals surface area contributed by atoms with Crippen LogP contribution < -0.4 is 4.74 Å². The number of Topliss-reactive ketones (excluding diaryl/α,β-unsaturated/α-hetero) is 1. The third kappa shape index (κ3) is 7.31. The summed E-state index contributed by atoms with van der Waals surface area (Å²) in [5.41, 5.74) is 4.99. The number of rotatable bonds is 12. The second kappa shape index (κ2) is 12.0. The summed E-state index contributed by atoms with van der Waals surface area (Å²) in [6.07, 6.45) is 3.06. The molecule has 0 saturated carbocycles. The molecule has 0 amide bonds. The van der Waals surface area contributed by atoms with Crippen LogP contribution in [0.5, 0.6) is 5.75 Å². The Morgan fingerprint density at radius 2 is 1.67 bits per heavy atom. The van der Waals surface area contributed by atoms with Gasteiger partial charge in [0.05, 0.1) is 5.56 Å². The largest absolute Gasteiger partial charge is 0.488 e. The molecule has 4 heteroatoms. The summed E-state index contributed by atoms with van der Waals surface area (Å²) in [4.78, 5) is 24.0. The van der Waals surface area contributed by atoms with Gasteiger partial charge < -0.3 is 9.84 Å². The lowest BCUT2D eigenvalue weighted by atomic mass is 9.87. The molecule has 0 aliphatic rings. The smallest absolute Gasteiger partial charge is 0.303 e. The number of carboxylic acids is 1. The van der Waals surface area contributed by atoms with E-state index in [0.29, 0.717) is 30.8 Å². The van der Waals surface area contributed by atoms with Crippen molar-refractivity contribution in [2.75, 3.05) is 0 Å². The van der Waals surface area contributed by atoms with Crippen LogP contribution >= 0.6 is 0 Å². The van der Waals surface area contributed by atoms with E-state index in [0.717, 1.165) is 24.0 Å². The molecule has 4 nitrogen and oxygen atoms in total. The van der Waals surface area contributed by atoms with Crippen molar-refractivity contribution in [2.45, 2.75) is 58.5 Å². The van der Waals surface area contributed by atoms with Crippen molar-refractivity contribution in [3.63, 3.8) is 0 Å². The fourth-order valence-corrected chi connectivity index (χ4v) is 4.03. The average Bonchev–Trinajstić information content (AvgIpc) is 2.82. The van der Waals surface area contributed by atoms with Gasteiger partial charge in [0.15, 0.2) is 5.78 Å². The molecule has 1 unspecified atom stereocenters. The fourth-order valence-electron chi connectivity index (χ4n) is 4.03. The van der Waals surface area contributed by atoms with Gasteiger partial charge in [0, 0.05) is 12.8 Å². The number of carboxylic acid groups (broad SMARTS) is 1. The summed E-state index contributed by atoms with van der Waals surface area (Å²) in [5, 5.41) is 8.82. The molecular weight excluding hydrogens is 412 g/mol. The molecule has 0 radical (unpaired) electrons. The second-order valence-electron chi connectivity index (χ2n) is 8.52. The highest BCUT2D eigenvalue weighted by Crippen LogP contribution is 2.30. The van der Waals surface area contributed by atoms with Crippen LogP contribution in [0.2, 0.25) is 0 Å². The number of ketones is 1. The van der Waals surface area contributed by atoms with E-state index in [2.05, 4.69) is 38.1 Å². The number of hydrogen-bond acceptors (Lipinski definition) is 3. The Labute approximate surface area is 196 Å². The molecule has 0 spiro atoms. The average molecular weight is 445 g/mol. The number of aryl methyl sites for hydroxylation is 2. The van der Waals surface area contributed by atoms with Crippen molar-refractivity contribution in [1.29, 1.82) is 0 Å². The molecule has 0 aliphatic carbocycles. The summed E-state index contributed by atoms with van der Waals surface area (Å²) >= 11 is 0. The van der Waals surface area contributed by atoms with E-state index in [-0.39, 0.29) is 18.1 Å². The van der Waals surface area contributed by atoms with E-state index in [1.807, 2.05) is 48.5 Å². The molecule has 3 rings (SSSR count). The Morgan fingerprint density at radius 1 is 0.939 bits per heavy atom. The van der Waals surface area contributed by atoms with Crippen LogP contribution in [-0.4, -0.2) is 16.9 Å². The zero-order chi connectivity index (χ0) is 23.6. The fraction of sp³-hybridized carbons (Fsp3) is 0.310. The van der Waals surface area contributed by atoms with Crippen LogP contribution in [0.1, 0.15) is 71.1 Å². The standard InChI is InChI=1S/C29H32O4/c1-3-7-24(25-9-6-8-21(2)18-25)19-27(30)26-10-4-5-11-28(26)33-20-23-14-12-22(13-15-23)16-17-29(31)32/h4-6,8-15,18,24H,3,7,16-17,19-20H2,1-2H3,(H,31,32). The maximum absolute atomic E-state index is 13.3. The SMILES string of the molecule is CCCC(CC(=O)c1ccccc1OCc1ccc(CCC(=O)O)cc1)c1cccc(C)c1. The minimum absolute atomic E-state index is 0.0922. The van der Waals surface area contributed by atoms with E-state index in [1.165, 1.54) is 11.1 Å². The van der Waals surface area contributed by atoms with Crippen LogP contribution in [0, 0.1) is 6.92 Å². The third-order valence-electron chi connectivity index (χ3n) is 5.81. The number of carbonyl (C=O) groups excluding carboxylic acids is 1. The summed E-state index contributed by atoms with van der Waals surface area (Å²) in [5.74, 6) is 0.0765. The monoisotopic (exact) mass is 444 g/mol. The molecule has 0 aliphatic heterocycles. The number of para-hydroxylation sites is 1. The number of ether oxygens (including phenoxy) is 1. The van der Waals surface area contributed by atoms with Crippen LogP contribution in [-0.2, 0) is 17.8 Å². The molecule has 3 aromatic carbocycles. The maximum Gasteiger partial charge on any atom is 0.303 e. The van der Waals surface area contributed by atoms with E-state index in [9.17, 15) is 9.59 Å². The molecule has 0 saturated heterocycles. The lowest BCUT2D eigenvalue weighted by molar-refractivity contribution is -0.136. The van der Waals surface area contributed by atoms with Gasteiger partial charge in [-0.25, -0.2) is 0 Å². The Morgan fingerprint density at radius 3 is 2.36 bits per heavy atom. The van der Waals surface area contributed by atoms with Gasteiger partial charge >= 0.3 is 5.97 Å². The van der Waals surface area contributed by atoms with Crippen LogP contribution in [0.15, 0.2) is 72.8 Å². The van der Waals surface area contributed by atoms with Gasteiger partial charge in [-0.05, 0) is 54.5 Å². The van der Waals surface area contributed by atoms with Crippen LogP contribution in [0.3, 0.4) is 0 Å². The molecule has 0 aromatic heterocycles. The minimum Gasteiger partial charge on any atom is -0.488 e. The highest BCUT2D eigenvalue weighted by Gasteiger charge is 2.19. The Kier molecular flexibility index (Phi) is 8.82. The topological polar surface area (TPSA) is 63.6 Å². The first-order valence-electron chi connectivity index (χ1n) is 11.6. The molecule has 0 heterocycles. The predicted molar refractivity (Wildman–Crippen MR) is 131 cm³/mol. The van der Waals surface area contributed by atoms with Gasteiger partial charge in [-0.1, -0.05) is 79.6 Å². The van der Waals surface area contributed by atoms with E-state index in [1.54, 1.807) is 0 Å². The Bertz CT molecular complexity index is 1070. The minimum atomic E-state index is -0.799. The van der Waals surface area contributed by atoms with Crippen molar-refractivity contribution in [1.82, 2.24) is 0 Å². The lowest BCUT2D eigenvalue weighted by Gasteiger charge is -2.18. The van der Waals surface area contributed by atoms with Crippen molar-refractivity contribution >= 4 is 11.8 Å². The van der Waals surface area contributed by atoms with Gasteiger partial charge in [-0.3, -0.25) is 9.59 Å². The van der Waals surface area contributed by atoms with Crippen LogP contribution in [0.4, 0.5) is 0 Å². The molecule has 1 N–H and O–H groups in total. The molecule has 33 heavy (non-hydrogen) atoms. The van der Waals surface area contributed by atoms with E-state index < -0.39 is 5.97 Å². The first-order valence-corrected chi connectivity index (χ1v) is 11.6. The van der Waals surface area contributed by atoms with Gasteiger partial charge in [-0.2, -0.15) is 0 Å². The number of aliphatic carboxylic acids is 1. The maximum atomic E-state index is 13.3. The van der Waals surface area contributed by atoms with Crippen molar-refractivity contribution in [3.05, 3.63) is 101 Å². The summed E-state index contributed by atoms with van der Waals surface area (Å²) in [6.45, 7) is 4.58. The van der Waals surface area contributed by atoms with E-state index in [4.69, 9.17) is 9.84 Å². The number of benzene rings is 3. The van der Waals surface area contributed by atoms with Gasteiger partial charge in [0.2, 0.25) is 0 Å². The van der Waals surface area contributed by atoms with Crippen molar-refractivity contribution in [2.24, 2.45) is 0 Å². The second-order valence-corrected chi connectivity index (χ2v) is 8.52. The molecule has 1 atom stereocenters. The zero-order valence-electron chi connectivity index (χ0n) is 19.4. The Balaban J connectivity index is 1.67. The molecular formula is C29H32O4. The first-order chi connectivity index (χ1) is 16.0. The zero-order valence-corrected chi connectivity index (χ0v) is 19.4. The molecule has 0 bridgehead atoms. The third-order valence-corrected chi connectivity index (χ3v) is 5.81. The quantitative estimate of drug-likeness (QED) is 0.314. The molecule has 0 fully saturated rings. The number of carbonyl (C=O) groups is 2. The van der Waals surface area contributed by atoms with Gasteiger partial charge in [0.1, 0.15) is 12.4 Å². The molecule has 172 valence electrons. The number of hydrogen-bond donors (Lipinski definition) is 1. The normalized spacial score (nSPS) is 11.7. The summed E-state index contributed by atoms with van der Waals surface area (Å²) in [7, 11) is 0. The predicted octanol–water partition coefficient (Wildman–Crippen LogP) is 6.75. The van der Waals surface area contributed by atoms with Crippen molar-refractivity contribution in [3.8, 4) is 5.75 Å². The van der Waals surface area contributed by atoms with E-state index >= 15 is 0 Å². The summed E-state index contributed by atoms with van der Waals surface area (Å²) < 4.78 is 6.03. The van der Waals surface area contributed by atoms with Crippen LogP contribution in [0.25, 0.3) is 0 Å². The molecule has 3 aromatic rings. The summed E-state index contributed by atoms with van der Waals surface area (Å²) in [6, 6.07) is 23.6. The highest BCUT2D eigenvalue weighted by atomic mass is 16.5.